The Kier molecular flexibility index (Phi) is 7.21. The summed E-state index contributed by atoms with van der Waals surface area (Å²) >= 11 is 0. The van der Waals surface area contributed by atoms with Crippen molar-refractivity contribution < 1.29 is 9.59 Å². The van der Waals surface area contributed by atoms with Crippen LogP contribution >= 0.6 is 0 Å². The number of rotatable bonds is 5. The van der Waals surface area contributed by atoms with Gasteiger partial charge in [-0.1, -0.05) is 99.9 Å². The molecule has 0 saturated heterocycles. The molecule has 2 radical (unpaired) electrons. The van der Waals surface area contributed by atoms with Gasteiger partial charge in [0, 0.05) is 17.5 Å². The van der Waals surface area contributed by atoms with Gasteiger partial charge in [0.2, 0.25) is 11.6 Å². The van der Waals surface area contributed by atoms with Crippen LogP contribution in [0, 0.1) is 0 Å². The Labute approximate surface area is 176 Å². The van der Waals surface area contributed by atoms with Gasteiger partial charge in [-0.3, -0.25) is 9.59 Å². The van der Waals surface area contributed by atoms with Crippen molar-refractivity contribution in [2.75, 3.05) is 5.32 Å². The number of carbonyl (C=O) groups excluding carboxylic acids is 2. The van der Waals surface area contributed by atoms with Gasteiger partial charge in [0.05, 0.1) is 0 Å². The maximum Gasteiger partial charge on any atom is 0.227 e. The van der Waals surface area contributed by atoms with Crippen molar-refractivity contribution in [1.29, 1.82) is 0 Å². The molecule has 0 aromatic heterocycles. The molecular formula is C24H31B2NO2. The van der Waals surface area contributed by atoms with Crippen LogP contribution in [0.1, 0.15) is 65.7 Å². The van der Waals surface area contributed by atoms with E-state index in [0.29, 0.717) is 11.5 Å². The molecule has 2 aliphatic rings. The molecule has 0 spiro atoms. The van der Waals surface area contributed by atoms with Crippen LogP contribution in [0.5, 0.6) is 0 Å². The molecule has 0 bridgehead atoms. The van der Waals surface area contributed by atoms with Gasteiger partial charge in [0.15, 0.2) is 14.6 Å². The lowest BCUT2D eigenvalue weighted by molar-refractivity contribution is -0.131. The summed E-state index contributed by atoms with van der Waals surface area (Å²) in [5, 5.41) is 3.23. The zero-order valence-electron chi connectivity index (χ0n) is 18.0. The molecule has 0 atom stereocenters. The fourth-order valence-electron chi connectivity index (χ4n) is 4.03. The minimum atomic E-state index is -0.479. The zero-order chi connectivity index (χ0) is 20.9. The fourth-order valence-corrected chi connectivity index (χ4v) is 4.03. The van der Waals surface area contributed by atoms with Crippen LogP contribution in [0.25, 0.3) is 0 Å². The molecule has 0 unspecified atom stereocenters. The molecule has 1 aromatic rings. The Morgan fingerprint density at radius 3 is 2.07 bits per heavy atom. The van der Waals surface area contributed by atoms with Crippen LogP contribution in [0.2, 0.25) is 11.1 Å². The van der Waals surface area contributed by atoms with Crippen LogP contribution in [-0.2, 0) is 9.59 Å². The second-order valence-corrected chi connectivity index (χ2v) is 9.42. The average molecular weight is 387 g/mol. The average Bonchev–Trinajstić information content (AvgIpc) is 2.62. The first-order valence-corrected chi connectivity index (χ1v) is 10.9. The smallest absolute Gasteiger partial charge is 0.227 e. The predicted molar refractivity (Wildman–Crippen MR) is 123 cm³/mol. The summed E-state index contributed by atoms with van der Waals surface area (Å²) in [5.74, 6) is -0.266. The highest BCUT2D eigenvalue weighted by Crippen LogP contribution is 2.29. The van der Waals surface area contributed by atoms with Crippen LogP contribution < -0.4 is 10.8 Å². The van der Waals surface area contributed by atoms with Crippen molar-refractivity contribution >= 4 is 37.3 Å². The lowest BCUT2D eigenvalue weighted by Gasteiger charge is -2.23. The van der Waals surface area contributed by atoms with Crippen molar-refractivity contribution in [1.82, 2.24) is 0 Å². The number of anilines is 1. The second-order valence-electron chi connectivity index (χ2n) is 9.42. The first-order chi connectivity index (χ1) is 13.8. The third-order valence-corrected chi connectivity index (χ3v) is 5.47. The van der Waals surface area contributed by atoms with Gasteiger partial charge in [0.25, 0.3) is 0 Å². The minimum Gasteiger partial charge on any atom is -0.356 e. The van der Waals surface area contributed by atoms with Gasteiger partial charge in [-0.2, -0.15) is 0 Å². The summed E-state index contributed by atoms with van der Waals surface area (Å²) in [4.78, 5) is 23.8. The minimum absolute atomic E-state index is 0.0936. The van der Waals surface area contributed by atoms with Crippen molar-refractivity contribution in [2.24, 2.45) is 0 Å². The zero-order valence-corrected chi connectivity index (χ0v) is 18.0. The fraction of sp³-hybridized carbons (Fsp3) is 0.500. The largest absolute Gasteiger partial charge is 0.356 e. The molecule has 0 heterocycles. The van der Waals surface area contributed by atoms with Crippen LogP contribution in [0.4, 0.5) is 5.69 Å². The lowest BCUT2D eigenvalue weighted by atomic mass is 9.49. The number of hydrogen-bond acceptors (Lipinski definition) is 3. The van der Waals surface area contributed by atoms with Gasteiger partial charge >= 0.3 is 0 Å². The van der Waals surface area contributed by atoms with E-state index in [1.165, 1.54) is 62.6 Å². The van der Waals surface area contributed by atoms with Gasteiger partial charge in [-0.15, -0.1) is 0 Å². The molecule has 150 valence electrons. The number of benzene rings is 1. The topological polar surface area (TPSA) is 46.2 Å². The molecule has 2 aliphatic carbocycles. The van der Waals surface area contributed by atoms with E-state index in [0.717, 1.165) is 11.2 Å². The summed E-state index contributed by atoms with van der Waals surface area (Å²) in [6, 6.07) is 8.36. The van der Waals surface area contributed by atoms with E-state index in [2.05, 4.69) is 45.5 Å². The number of carbonyl (C=O) groups is 2. The monoisotopic (exact) mass is 387 g/mol. The molecule has 5 heteroatoms. The van der Waals surface area contributed by atoms with Crippen LogP contribution in [-0.4, -0.2) is 26.1 Å². The van der Waals surface area contributed by atoms with E-state index in [1.807, 2.05) is 19.4 Å². The van der Waals surface area contributed by atoms with Crippen molar-refractivity contribution in [3.63, 3.8) is 0 Å². The summed E-state index contributed by atoms with van der Waals surface area (Å²) in [6.07, 6.45) is 12.2. The van der Waals surface area contributed by atoms with E-state index in [4.69, 9.17) is 0 Å². The van der Waals surface area contributed by atoms with Crippen molar-refractivity contribution in [3.8, 4) is 0 Å². The van der Waals surface area contributed by atoms with E-state index in [9.17, 15) is 9.59 Å². The first-order valence-electron chi connectivity index (χ1n) is 10.9. The van der Waals surface area contributed by atoms with E-state index in [1.54, 1.807) is 0 Å². The maximum atomic E-state index is 11.9. The SMILES string of the molecule is CC(C)(C)[B]C1=CC(=O)C(=O)C=C1Nc1ccc([B]C2CCCCCCC2)cc1. The number of hydrogen-bond donors (Lipinski definition) is 1. The van der Waals surface area contributed by atoms with Crippen LogP contribution in [0.3, 0.4) is 0 Å². The van der Waals surface area contributed by atoms with E-state index in [-0.39, 0.29) is 5.31 Å². The summed E-state index contributed by atoms with van der Waals surface area (Å²) in [7, 11) is 4.43. The molecule has 1 saturated carbocycles. The quantitative estimate of drug-likeness (QED) is 0.449. The summed E-state index contributed by atoms with van der Waals surface area (Å²) < 4.78 is 0. The maximum absolute atomic E-state index is 11.9. The van der Waals surface area contributed by atoms with Gasteiger partial charge in [-0.25, -0.2) is 0 Å². The number of ketones is 2. The third kappa shape index (κ3) is 6.76. The molecule has 0 amide bonds. The standard InChI is InChI=1S/C24H31B2NO2/c1-24(2,3)26-20-15-22(28)23(29)16-21(20)27-19-13-11-18(12-14-19)25-17-9-7-5-4-6-8-10-17/h11-17,27H,4-10H2,1-3H3. The van der Waals surface area contributed by atoms with Gasteiger partial charge in [-0.05, 0) is 18.2 Å². The predicted octanol–water partition coefficient (Wildman–Crippen LogP) is 4.80. The molecule has 0 aliphatic heterocycles. The Hall–Kier alpha value is -2.03. The molecule has 1 aromatic carbocycles. The molecule has 29 heavy (non-hydrogen) atoms. The van der Waals surface area contributed by atoms with Crippen molar-refractivity contribution in [2.45, 2.75) is 76.8 Å². The Bertz CT molecular complexity index is 795. The Morgan fingerprint density at radius 2 is 1.45 bits per heavy atom. The summed E-state index contributed by atoms with van der Waals surface area (Å²) in [6.45, 7) is 6.23. The lowest BCUT2D eigenvalue weighted by Crippen LogP contribution is -2.24. The number of allylic oxidation sites excluding steroid dienone is 3. The molecular weight excluding hydrogens is 356 g/mol. The summed E-state index contributed by atoms with van der Waals surface area (Å²) in [5.41, 5.74) is 3.62. The molecule has 3 rings (SSSR count). The molecule has 3 nitrogen and oxygen atoms in total. The normalized spacial score (nSPS) is 19.0. The first kappa shape index (κ1) is 21.7. The molecule has 1 fully saturated rings. The second kappa shape index (κ2) is 9.65. The molecule has 1 N–H and O–H groups in total. The highest BCUT2D eigenvalue weighted by molar-refractivity contribution is 6.56. The number of nitrogens with one attached hydrogen (secondary N) is 1. The Balaban J connectivity index is 1.66. The highest BCUT2D eigenvalue weighted by Gasteiger charge is 2.25. The van der Waals surface area contributed by atoms with Crippen molar-refractivity contribution in [3.05, 3.63) is 47.6 Å². The van der Waals surface area contributed by atoms with Gasteiger partial charge in [0.1, 0.15) is 0 Å². The third-order valence-electron chi connectivity index (χ3n) is 5.47. The van der Waals surface area contributed by atoms with E-state index >= 15 is 0 Å². The Morgan fingerprint density at radius 1 is 0.862 bits per heavy atom. The van der Waals surface area contributed by atoms with Gasteiger partial charge < -0.3 is 5.32 Å². The highest BCUT2D eigenvalue weighted by atomic mass is 16.2. The van der Waals surface area contributed by atoms with Crippen LogP contribution in [0.15, 0.2) is 47.6 Å². The van der Waals surface area contributed by atoms with E-state index < -0.39 is 11.6 Å².